The molecular weight excluding hydrogens is 436 g/mol. The molecule has 33 heavy (non-hydrogen) atoms. The van der Waals surface area contributed by atoms with Crippen molar-refractivity contribution in [3.05, 3.63) is 60.4 Å². The molecule has 1 saturated carbocycles. The molecule has 1 N–H and O–H groups in total. The molecule has 1 amide bonds. The number of thioether (sulfide) groups is 1. The average molecular weight is 467 g/mol. The second-order valence-electron chi connectivity index (χ2n) is 8.20. The van der Waals surface area contributed by atoms with Crippen LogP contribution in [0.1, 0.15) is 51.5 Å². The van der Waals surface area contributed by atoms with Crippen molar-refractivity contribution >= 4 is 17.7 Å². The van der Waals surface area contributed by atoms with Crippen molar-refractivity contribution in [3.63, 3.8) is 0 Å². The largest absolute Gasteiger partial charge is 0.497 e. The first-order chi connectivity index (χ1) is 16.0. The van der Waals surface area contributed by atoms with Gasteiger partial charge in [0.2, 0.25) is 5.91 Å². The fraction of sp³-hybridized carbons (Fsp3) is 0.400. The number of benzene rings is 2. The zero-order valence-electron chi connectivity index (χ0n) is 19.2. The molecule has 2 aromatic carbocycles. The van der Waals surface area contributed by atoms with E-state index in [4.69, 9.17) is 9.47 Å². The molecular formula is C25H30N4O3S. The molecule has 2 unspecified atom stereocenters. The van der Waals surface area contributed by atoms with Gasteiger partial charge in [-0.1, -0.05) is 42.8 Å². The Balaban J connectivity index is 1.55. The fourth-order valence-electron chi connectivity index (χ4n) is 3.95. The van der Waals surface area contributed by atoms with Crippen molar-refractivity contribution < 1.29 is 14.3 Å². The van der Waals surface area contributed by atoms with E-state index in [1.807, 2.05) is 73.0 Å². The van der Waals surface area contributed by atoms with Crippen LogP contribution in [0.2, 0.25) is 0 Å². The van der Waals surface area contributed by atoms with Gasteiger partial charge in [0.05, 0.1) is 12.4 Å². The highest BCUT2D eigenvalue weighted by Gasteiger charge is 2.26. The van der Waals surface area contributed by atoms with Gasteiger partial charge >= 0.3 is 0 Å². The highest BCUT2D eigenvalue weighted by atomic mass is 32.2. The summed E-state index contributed by atoms with van der Waals surface area (Å²) in [5, 5.41) is 12.4. The van der Waals surface area contributed by atoms with Crippen LogP contribution < -0.4 is 14.8 Å². The zero-order chi connectivity index (χ0) is 23.2. The van der Waals surface area contributed by atoms with Crippen molar-refractivity contribution in [2.75, 3.05) is 7.11 Å². The van der Waals surface area contributed by atoms with Crippen LogP contribution in [0.3, 0.4) is 0 Å². The Morgan fingerprint density at radius 1 is 1.03 bits per heavy atom. The number of para-hydroxylation sites is 1. The molecule has 1 aromatic heterocycles. The van der Waals surface area contributed by atoms with Crippen LogP contribution in [0.25, 0.3) is 5.69 Å². The first-order valence-corrected chi connectivity index (χ1v) is 12.2. The Morgan fingerprint density at radius 3 is 2.36 bits per heavy atom. The molecule has 1 heterocycles. The lowest BCUT2D eigenvalue weighted by Crippen LogP contribution is -2.37. The third kappa shape index (κ3) is 5.68. The number of carbonyl (C=O) groups excluding carboxylic acids is 1. The third-order valence-corrected chi connectivity index (χ3v) is 6.80. The number of rotatable bonds is 9. The van der Waals surface area contributed by atoms with Crippen LogP contribution in [0.5, 0.6) is 11.5 Å². The number of methoxy groups -OCH3 is 1. The van der Waals surface area contributed by atoms with E-state index in [0.717, 1.165) is 24.3 Å². The summed E-state index contributed by atoms with van der Waals surface area (Å²) < 4.78 is 13.3. The van der Waals surface area contributed by atoms with Crippen LogP contribution in [0.4, 0.5) is 0 Å². The lowest BCUT2D eigenvalue weighted by atomic mass is 10.2. The number of ether oxygens (including phenoxy) is 2. The first kappa shape index (κ1) is 23.2. The van der Waals surface area contributed by atoms with Gasteiger partial charge in [-0.3, -0.25) is 9.36 Å². The van der Waals surface area contributed by atoms with Crippen LogP contribution in [-0.2, 0) is 4.79 Å². The molecule has 7 nitrogen and oxygen atoms in total. The summed E-state index contributed by atoms with van der Waals surface area (Å²) in [6, 6.07) is 17.6. The Hall–Kier alpha value is -3.00. The van der Waals surface area contributed by atoms with E-state index in [2.05, 4.69) is 15.5 Å². The summed E-state index contributed by atoms with van der Waals surface area (Å²) >= 11 is 1.41. The number of nitrogens with one attached hydrogen (secondary N) is 1. The van der Waals surface area contributed by atoms with Gasteiger partial charge in [0, 0.05) is 11.7 Å². The van der Waals surface area contributed by atoms with Crippen molar-refractivity contribution in [2.24, 2.45) is 0 Å². The summed E-state index contributed by atoms with van der Waals surface area (Å²) in [5.41, 5.74) is 0.925. The molecule has 0 aliphatic heterocycles. The van der Waals surface area contributed by atoms with E-state index in [1.165, 1.54) is 24.6 Å². The molecule has 174 valence electrons. The van der Waals surface area contributed by atoms with Gasteiger partial charge in [0.25, 0.3) is 0 Å². The van der Waals surface area contributed by atoms with Crippen LogP contribution in [-0.4, -0.2) is 39.1 Å². The van der Waals surface area contributed by atoms with E-state index in [0.29, 0.717) is 22.8 Å². The molecule has 4 rings (SSSR count). The molecule has 0 spiro atoms. The lowest BCUT2D eigenvalue weighted by Gasteiger charge is -2.18. The molecule has 0 saturated heterocycles. The smallest absolute Gasteiger partial charge is 0.233 e. The van der Waals surface area contributed by atoms with Crippen LogP contribution >= 0.6 is 11.8 Å². The Bertz CT molecular complexity index is 1050. The second kappa shape index (κ2) is 10.7. The molecule has 2 atom stereocenters. The lowest BCUT2D eigenvalue weighted by molar-refractivity contribution is -0.120. The maximum absolute atomic E-state index is 12.8. The first-order valence-electron chi connectivity index (χ1n) is 11.3. The third-order valence-electron chi connectivity index (χ3n) is 5.76. The molecule has 8 heteroatoms. The predicted octanol–water partition coefficient (Wildman–Crippen LogP) is 4.96. The number of nitrogens with zero attached hydrogens (tertiary/aromatic N) is 3. The monoisotopic (exact) mass is 466 g/mol. The van der Waals surface area contributed by atoms with Gasteiger partial charge in [-0.05, 0) is 63.1 Å². The van der Waals surface area contributed by atoms with Crippen molar-refractivity contribution in [3.8, 4) is 17.2 Å². The van der Waals surface area contributed by atoms with Crippen LogP contribution in [0, 0.1) is 0 Å². The number of hydrogen-bond donors (Lipinski definition) is 1. The Morgan fingerprint density at radius 2 is 1.70 bits per heavy atom. The van der Waals surface area contributed by atoms with Gasteiger partial charge in [0.15, 0.2) is 17.1 Å². The quantitative estimate of drug-likeness (QED) is 0.449. The van der Waals surface area contributed by atoms with E-state index in [1.54, 1.807) is 7.11 Å². The van der Waals surface area contributed by atoms with Gasteiger partial charge in [-0.2, -0.15) is 0 Å². The van der Waals surface area contributed by atoms with Gasteiger partial charge in [-0.25, -0.2) is 0 Å². The number of aromatic nitrogens is 3. The van der Waals surface area contributed by atoms with Crippen molar-refractivity contribution in [1.29, 1.82) is 0 Å². The zero-order valence-corrected chi connectivity index (χ0v) is 20.0. The van der Waals surface area contributed by atoms with E-state index in [-0.39, 0.29) is 17.3 Å². The predicted molar refractivity (Wildman–Crippen MR) is 129 cm³/mol. The minimum atomic E-state index is -0.358. The molecule has 1 fully saturated rings. The minimum absolute atomic E-state index is 0.0404. The van der Waals surface area contributed by atoms with E-state index in [9.17, 15) is 4.79 Å². The Labute approximate surface area is 198 Å². The van der Waals surface area contributed by atoms with Crippen LogP contribution in [0.15, 0.2) is 59.8 Å². The summed E-state index contributed by atoms with van der Waals surface area (Å²) in [6.45, 7) is 3.86. The minimum Gasteiger partial charge on any atom is -0.497 e. The average Bonchev–Trinajstić information content (AvgIpc) is 3.50. The summed E-state index contributed by atoms with van der Waals surface area (Å²) in [5.74, 6) is 2.19. The van der Waals surface area contributed by atoms with Gasteiger partial charge in [-0.15, -0.1) is 10.2 Å². The van der Waals surface area contributed by atoms with E-state index >= 15 is 0 Å². The van der Waals surface area contributed by atoms with E-state index < -0.39 is 0 Å². The molecule has 1 aliphatic carbocycles. The molecule has 0 radical (unpaired) electrons. The standard InChI is InChI=1S/C25H30N4O3S/c1-17(32-22-15-13-21(31-3)14-16-22)23-27-28-25(29(23)20-11-5-4-6-12-20)33-18(2)24(30)26-19-9-7-8-10-19/h4-6,11-19H,7-10H2,1-3H3,(H,26,30). The van der Waals surface area contributed by atoms with Crippen molar-refractivity contribution in [2.45, 2.75) is 62.1 Å². The topological polar surface area (TPSA) is 78.3 Å². The van der Waals surface area contributed by atoms with Gasteiger partial charge < -0.3 is 14.8 Å². The Kier molecular flexibility index (Phi) is 7.54. The number of hydrogen-bond acceptors (Lipinski definition) is 6. The SMILES string of the molecule is COc1ccc(OC(C)c2nnc(SC(C)C(=O)NC3CCCC3)n2-c2ccccc2)cc1. The normalized spacial score (nSPS) is 15.7. The number of carbonyl (C=O) groups is 1. The second-order valence-corrected chi connectivity index (χ2v) is 9.51. The molecule has 3 aromatic rings. The maximum Gasteiger partial charge on any atom is 0.233 e. The molecule has 1 aliphatic rings. The van der Waals surface area contributed by atoms with Crippen molar-refractivity contribution in [1.82, 2.24) is 20.1 Å². The molecule has 0 bridgehead atoms. The fourth-order valence-corrected chi connectivity index (χ4v) is 4.84. The highest BCUT2D eigenvalue weighted by Crippen LogP contribution is 2.30. The highest BCUT2D eigenvalue weighted by molar-refractivity contribution is 8.00. The van der Waals surface area contributed by atoms with Gasteiger partial charge in [0.1, 0.15) is 11.5 Å². The maximum atomic E-state index is 12.8. The summed E-state index contributed by atoms with van der Waals surface area (Å²) in [7, 11) is 1.63. The summed E-state index contributed by atoms with van der Waals surface area (Å²) in [4.78, 5) is 12.8. The number of amides is 1. The summed E-state index contributed by atoms with van der Waals surface area (Å²) in [6.07, 6.45) is 4.14.